The highest BCUT2D eigenvalue weighted by Gasteiger charge is 2.35. The van der Waals surface area contributed by atoms with Gasteiger partial charge in [0, 0.05) is 34.6 Å². The molecule has 0 aliphatic carbocycles. The lowest BCUT2D eigenvalue weighted by molar-refractivity contribution is -0.140. The molecule has 12 heteroatoms. The van der Waals surface area contributed by atoms with E-state index in [1.165, 1.54) is 35.2 Å². The van der Waals surface area contributed by atoms with Gasteiger partial charge in [-0.15, -0.1) is 0 Å². The minimum absolute atomic E-state index is 0.0296. The van der Waals surface area contributed by atoms with Crippen LogP contribution in [-0.4, -0.2) is 43.8 Å². The second kappa shape index (κ2) is 16.2. The molecule has 4 aromatic carbocycles. The van der Waals surface area contributed by atoms with Crippen LogP contribution in [0.1, 0.15) is 37.0 Å². The molecule has 0 aliphatic heterocycles. The van der Waals surface area contributed by atoms with Gasteiger partial charge in [-0.3, -0.25) is 13.9 Å². The van der Waals surface area contributed by atoms with Gasteiger partial charge in [-0.1, -0.05) is 107 Å². The minimum Gasteiger partial charge on any atom is -0.352 e. The van der Waals surface area contributed by atoms with E-state index in [0.29, 0.717) is 22.0 Å². The summed E-state index contributed by atoms with van der Waals surface area (Å²) < 4.78 is 29.4. The number of hydrogen-bond acceptors (Lipinski definition) is 4. The van der Waals surface area contributed by atoms with Crippen LogP contribution in [0.15, 0.2) is 95.9 Å². The van der Waals surface area contributed by atoms with Gasteiger partial charge in [0.05, 0.1) is 20.6 Å². The van der Waals surface area contributed by atoms with E-state index in [0.717, 1.165) is 15.4 Å². The van der Waals surface area contributed by atoms with Crippen molar-refractivity contribution in [2.75, 3.05) is 10.8 Å². The van der Waals surface area contributed by atoms with Crippen LogP contribution in [0, 0.1) is 6.92 Å². The first kappa shape index (κ1) is 36.6. The molecule has 0 radical (unpaired) electrons. The molecule has 4 rings (SSSR count). The fraction of sp³-hybridized carbons (Fsp3) is 0.257. The van der Waals surface area contributed by atoms with E-state index in [2.05, 4.69) is 5.32 Å². The Balaban J connectivity index is 1.86. The fourth-order valence-corrected chi connectivity index (χ4v) is 7.07. The zero-order valence-electron chi connectivity index (χ0n) is 26.1. The van der Waals surface area contributed by atoms with Crippen LogP contribution in [0.2, 0.25) is 20.1 Å². The average Bonchev–Trinajstić information content (AvgIpc) is 3.04. The number of halogens is 4. The van der Waals surface area contributed by atoms with E-state index < -0.39 is 34.4 Å². The third-order valence-corrected chi connectivity index (χ3v) is 11.0. The van der Waals surface area contributed by atoms with E-state index in [1.807, 2.05) is 51.1 Å². The molecule has 4 aromatic rings. The van der Waals surface area contributed by atoms with E-state index in [-0.39, 0.29) is 39.6 Å². The molecule has 7 nitrogen and oxygen atoms in total. The maximum absolute atomic E-state index is 14.6. The molecule has 0 aliphatic rings. The van der Waals surface area contributed by atoms with Crippen molar-refractivity contribution in [3.63, 3.8) is 0 Å². The zero-order chi connectivity index (χ0) is 34.3. The lowest BCUT2D eigenvalue weighted by Gasteiger charge is -2.34. The summed E-state index contributed by atoms with van der Waals surface area (Å²) in [6.45, 7) is 4.82. The standard InChI is InChI=1S/C35H35Cl4N3O4S/c1-4-24(3)40-35(44)33(19-25-9-6-5-7-10-25)41(21-28-29(36)11-8-12-30(28)37)34(43)22-42(26-15-18-31(38)32(39)20-26)47(45,46)27-16-13-23(2)14-17-27/h5-18,20,24,33H,4,19,21-22H2,1-3H3,(H,40,44)/t24-,33+/m0/s1. The number of carbonyl (C=O) groups excluding carboxylic acids is 2. The number of aryl methyl sites for hydroxylation is 1. The summed E-state index contributed by atoms with van der Waals surface area (Å²) in [7, 11) is -4.31. The maximum Gasteiger partial charge on any atom is 0.264 e. The van der Waals surface area contributed by atoms with Crippen LogP contribution in [0.4, 0.5) is 5.69 Å². The number of hydrogen-bond donors (Lipinski definition) is 1. The SMILES string of the molecule is CC[C@H](C)NC(=O)[C@@H](Cc1ccccc1)N(Cc1c(Cl)cccc1Cl)C(=O)CN(c1ccc(Cl)c(Cl)c1)S(=O)(=O)c1ccc(C)cc1. The van der Waals surface area contributed by atoms with E-state index in [1.54, 1.807) is 30.3 Å². The molecule has 0 aromatic heterocycles. The maximum atomic E-state index is 14.6. The van der Waals surface area contributed by atoms with Gasteiger partial charge in [0.1, 0.15) is 12.6 Å². The van der Waals surface area contributed by atoms with Gasteiger partial charge in [0.2, 0.25) is 11.8 Å². The number of nitrogens with one attached hydrogen (secondary N) is 1. The van der Waals surface area contributed by atoms with Gasteiger partial charge >= 0.3 is 0 Å². The minimum atomic E-state index is -4.31. The Hall–Kier alpha value is -3.27. The summed E-state index contributed by atoms with van der Waals surface area (Å²) >= 11 is 25.6. The number of amides is 2. The number of sulfonamides is 1. The van der Waals surface area contributed by atoms with E-state index >= 15 is 0 Å². The van der Waals surface area contributed by atoms with Crippen molar-refractivity contribution in [1.82, 2.24) is 10.2 Å². The van der Waals surface area contributed by atoms with Gasteiger partial charge < -0.3 is 10.2 Å². The third-order valence-electron chi connectivity index (χ3n) is 7.74. The lowest BCUT2D eigenvalue weighted by atomic mass is 10.0. The summed E-state index contributed by atoms with van der Waals surface area (Å²) in [6, 6.07) is 23.6. The average molecular weight is 736 g/mol. The number of anilines is 1. The molecule has 0 bridgehead atoms. The predicted molar refractivity (Wildman–Crippen MR) is 191 cm³/mol. The molecule has 0 heterocycles. The Kier molecular flexibility index (Phi) is 12.6. The molecule has 248 valence electrons. The number of benzene rings is 4. The van der Waals surface area contributed by atoms with Crippen LogP contribution < -0.4 is 9.62 Å². The van der Waals surface area contributed by atoms with Crippen molar-refractivity contribution >= 4 is 73.9 Å². The summed E-state index contributed by atoms with van der Waals surface area (Å²) in [6.07, 6.45) is 0.808. The predicted octanol–water partition coefficient (Wildman–Crippen LogP) is 8.36. The van der Waals surface area contributed by atoms with Crippen LogP contribution in [-0.2, 0) is 32.6 Å². The summed E-state index contributed by atoms with van der Waals surface area (Å²) in [4.78, 5) is 29.9. The Morgan fingerprint density at radius 1 is 0.809 bits per heavy atom. The van der Waals surface area contributed by atoms with E-state index in [4.69, 9.17) is 46.4 Å². The molecular formula is C35H35Cl4N3O4S. The molecule has 0 saturated heterocycles. The van der Waals surface area contributed by atoms with Crippen LogP contribution in [0.25, 0.3) is 0 Å². The molecule has 2 atom stereocenters. The van der Waals surface area contributed by atoms with Crippen molar-refractivity contribution in [3.8, 4) is 0 Å². The van der Waals surface area contributed by atoms with Gasteiger partial charge in [0.25, 0.3) is 10.0 Å². The highest BCUT2D eigenvalue weighted by molar-refractivity contribution is 7.92. The Bertz CT molecular complexity index is 1800. The van der Waals surface area contributed by atoms with Gasteiger partial charge in [-0.25, -0.2) is 8.42 Å². The van der Waals surface area contributed by atoms with Crippen LogP contribution >= 0.6 is 46.4 Å². The van der Waals surface area contributed by atoms with Crippen molar-refractivity contribution in [3.05, 3.63) is 128 Å². The first-order valence-corrected chi connectivity index (χ1v) is 17.9. The number of carbonyl (C=O) groups is 2. The molecule has 0 spiro atoms. The second-order valence-electron chi connectivity index (χ2n) is 11.2. The van der Waals surface area contributed by atoms with Crippen LogP contribution in [0.3, 0.4) is 0 Å². The zero-order valence-corrected chi connectivity index (χ0v) is 29.9. The third kappa shape index (κ3) is 9.21. The van der Waals surface area contributed by atoms with Crippen molar-refractivity contribution in [1.29, 1.82) is 0 Å². The summed E-state index contributed by atoms with van der Waals surface area (Å²) in [5, 5.41) is 3.91. The second-order valence-corrected chi connectivity index (χ2v) is 14.7. The van der Waals surface area contributed by atoms with Crippen molar-refractivity contribution < 1.29 is 18.0 Å². The Labute approximate surface area is 296 Å². The van der Waals surface area contributed by atoms with Crippen molar-refractivity contribution in [2.45, 2.75) is 57.1 Å². The van der Waals surface area contributed by atoms with Gasteiger partial charge in [0.15, 0.2) is 0 Å². The highest BCUT2D eigenvalue weighted by atomic mass is 35.5. The topological polar surface area (TPSA) is 86.8 Å². The molecular weight excluding hydrogens is 700 g/mol. The number of rotatable bonds is 13. The first-order valence-electron chi connectivity index (χ1n) is 14.9. The molecule has 47 heavy (non-hydrogen) atoms. The highest BCUT2D eigenvalue weighted by Crippen LogP contribution is 2.32. The van der Waals surface area contributed by atoms with Crippen LogP contribution in [0.5, 0.6) is 0 Å². The molecule has 0 unspecified atom stereocenters. The largest absolute Gasteiger partial charge is 0.352 e. The molecule has 0 fully saturated rings. The van der Waals surface area contributed by atoms with Gasteiger partial charge in [-0.2, -0.15) is 0 Å². The normalized spacial score (nSPS) is 12.7. The quantitative estimate of drug-likeness (QED) is 0.150. The Morgan fingerprint density at radius 3 is 2.04 bits per heavy atom. The first-order chi connectivity index (χ1) is 22.3. The lowest BCUT2D eigenvalue weighted by Crippen LogP contribution is -2.54. The molecule has 2 amide bonds. The van der Waals surface area contributed by atoms with Crippen molar-refractivity contribution in [2.24, 2.45) is 0 Å². The number of nitrogens with zero attached hydrogens (tertiary/aromatic N) is 2. The fourth-order valence-electron chi connectivity index (χ4n) is 4.86. The molecule has 0 saturated carbocycles. The summed E-state index contributed by atoms with van der Waals surface area (Å²) in [5.41, 5.74) is 2.20. The Morgan fingerprint density at radius 2 is 1.45 bits per heavy atom. The van der Waals surface area contributed by atoms with Gasteiger partial charge in [-0.05, 0) is 68.3 Å². The molecule has 1 N–H and O–H groups in total. The smallest absolute Gasteiger partial charge is 0.264 e. The monoisotopic (exact) mass is 733 g/mol. The summed E-state index contributed by atoms with van der Waals surface area (Å²) in [5.74, 6) is -1.06. The van der Waals surface area contributed by atoms with E-state index in [9.17, 15) is 18.0 Å².